The maximum atomic E-state index is 13.2. The molecule has 0 radical (unpaired) electrons. The fraction of sp³-hybridized carbons (Fsp3) is 0.389. The fourth-order valence-corrected chi connectivity index (χ4v) is 4.30. The van der Waals surface area contributed by atoms with E-state index in [0.29, 0.717) is 17.8 Å². The van der Waals surface area contributed by atoms with Gasteiger partial charge in [-0.1, -0.05) is 6.07 Å². The van der Waals surface area contributed by atoms with Crippen molar-refractivity contribution in [1.82, 2.24) is 19.5 Å². The predicted octanol–water partition coefficient (Wildman–Crippen LogP) is 2.80. The first-order valence-corrected chi connectivity index (χ1v) is 9.55. The fourth-order valence-electron chi connectivity index (χ4n) is 3.57. The van der Waals surface area contributed by atoms with E-state index in [4.69, 9.17) is 5.73 Å². The SMILES string of the molecule is NCCC1CCCCN1C(=O)c1cnn2c(-c3cccs3)ccnc12. The number of carbonyl (C=O) groups excluding carboxylic acids is 1. The van der Waals surface area contributed by atoms with E-state index in [9.17, 15) is 4.79 Å². The zero-order valence-electron chi connectivity index (χ0n) is 14.0. The Labute approximate surface area is 150 Å². The summed E-state index contributed by atoms with van der Waals surface area (Å²) < 4.78 is 1.76. The molecule has 1 unspecified atom stereocenters. The van der Waals surface area contributed by atoms with Crippen LogP contribution in [0.2, 0.25) is 0 Å². The Hall–Kier alpha value is -2.25. The van der Waals surface area contributed by atoms with Crippen molar-refractivity contribution in [1.29, 1.82) is 0 Å². The van der Waals surface area contributed by atoms with Gasteiger partial charge in [0, 0.05) is 18.8 Å². The van der Waals surface area contributed by atoms with Crippen molar-refractivity contribution in [2.24, 2.45) is 5.73 Å². The zero-order valence-corrected chi connectivity index (χ0v) is 14.8. The highest BCUT2D eigenvalue weighted by atomic mass is 32.1. The van der Waals surface area contributed by atoms with Crippen molar-refractivity contribution in [3.63, 3.8) is 0 Å². The maximum Gasteiger partial charge on any atom is 0.259 e. The summed E-state index contributed by atoms with van der Waals surface area (Å²) in [6, 6.07) is 6.21. The standard InChI is InChI=1S/C18H21N5OS/c19-8-6-13-4-1-2-10-22(13)18(24)14-12-21-23-15(7-9-20-17(14)23)16-5-3-11-25-16/h3,5,7,9,11-13H,1-2,4,6,8,10,19H2. The molecule has 1 fully saturated rings. The average molecular weight is 355 g/mol. The molecule has 0 spiro atoms. The van der Waals surface area contributed by atoms with Gasteiger partial charge in [-0.05, 0) is 49.7 Å². The van der Waals surface area contributed by atoms with E-state index < -0.39 is 0 Å². The Morgan fingerprint density at radius 3 is 3.08 bits per heavy atom. The van der Waals surface area contributed by atoms with Gasteiger partial charge < -0.3 is 10.6 Å². The summed E-state index contributed by atoms with van der Waals surface area (Å²) >= 11 is 1.65. The number of carbonyl (C=O) groups is 1. The molecular formula is C18H21N5OS. The minimum absolute atomic E-state index is 0.0176. The first-order chi connectivity index (χ1) is 12.3. The summed E-state index contributed by atoms with van der Waals surface area (Å²) in [5, 5.41) is 6.48. The molecule has 1 atom stereocenters. The smallest absolute Gasteiger partial charge is 0.259 e. The van der Waals surface area contributed by atoms with Crippen molar-refractivity contribution in [2.45, 2.75) is 31.7 Å². The van der Waals surface area contributed by atoms with E-state index >= 15 is 0 Å². The lowest BCUT2D eigenvalue weighted by atomic mass is 9.98. The van der Waals surface area contributed by atoms with Crippen LogP contribution in [0.4, 0.5) is 0 Å². The Kier molecular flexibility index (Phi) is 4.50. The molecule has 1 amide bonds. The van der Waals surface area contributed by atoms with Gasteiger partial charge in [-0.2, -0.15) is 5.10 Å². The van der Waals surface area contributed by atoms with Gasteiger partial charge in [0.2, 0.25) is 0 Å². The number of nitrogens with zero attached hydrogens (tertiary/aromatic N) is 4. The summed E-state index contributed by atoms with van der Waals surface area (Å²) in [5.74, 6) is 0.0176. The van der Waals surface area contributed by atoms with E-state index in [1.165, 1.54) is 0 Å². The minimum atomic E-state index is 0.0176. The second-order valence-corrected chi connectivity index (χ2v) is 7.27. The molecule has 25 heavy (non-hydrogen) atoms. The van der Waals surface area contributed by atoms with Crippen molar-refractivity contribution in [3.8, 4) is 10.6 Å². The average Bonchev–Trinajstić information content (AvgIpc) is 3.31. The molecule has 7 heteroatoms. The van der Waals surface area contributed by atoms with Crippen LogP contribution >= 0.6 is 11.3 Å². The van der Waals surface area contributed by atoms with E-state index in [2.05, 4.69) is 10.1 Å². The largest absolute Gasteiger partial charge is 0.335 e. The van der Waals surface area contributed by atoms with Gasteiger partial charge in [-0.25, -0.2) is 9.50 Å². The van der Waals surface area contributed by atoms with E-state index in [1.807, 2.05) is 28.5 Å². The molecule has 130 valence electrons. The topological polar surface area (TPSA) is 76.5 Å². The minimum Gasteiger partial charge on any atom is -0.335 e. The van der Waals surface area contributed by atoms with Crippen LogP contribution in [-0.4, -0.2) is 44.5 Å². The molecule has 0 saturated carbocycles. The number of aromatic nitrogens is 3. The zero-order chi connectivity index (χ0) is 17.2. The summed E-state index contributed by atoms with van der Waals surface area (Å²) in [6.07, 6.45) is 7.46. The molecule has 0 aliphatic carbocycles. The molecule has 3 aromatic heterocycles. The van der Waals surface area contributed by atoms with Gasteiger partial charge in [0.25, 0.3) is 5.91 Å². The highest BCUT2D eigenvalue weighted by molar-refractivity contribution is 7.13. The van der Waals surface area contributed by atoms with Gasteiger partial charge in [-0.15, -0.1) is 11.3 Å². The van der Waals surface area contributed by atoms with Crippen LogP contribution in [-0.2, 0) is 0 Å². The van der Waals surface area contributed by atoms with Gasteiger partial charge >= 0.3 is 0 Å². The van der Waals surface area contributed by atoms with Gasteiger partial charge in [-0.3, -0.25) is 4.79 Å². The molecule has 3 aromatic rings. The number of piperidine rings is 1. The second-order valence-electron chi connectivity index (χ2n) is 6.33. The van der Waals surface area contributed by atoms with Crippen molar-refractivity contribution >= 4 is 22.9 Å². The maximum absolute atomic E-state index is 13.2. The molecular weight excluding hydrogens is 334 g/mol. The Morgan fingerprint density at radius 2 is 2.28 bits per heavy atom. The second kappa shape index (κ2) is 6.93. The number of hydrogen-bond acceptors (Lipinski definition) is 5. The lowest BCUT2D eigenvalue weighted by Gasteiger charge is -2.35. The van der Waals surface area contributed by atoms with Crippen molar-refractivity contribution in [3.05, 3.63) is 41.5 Å². The monoisotopic (exact) mass is 355 g/mol. The summed E-state index contributed by atoms with van der Waals surface area (Å²) in [5.41, 5.74) is 7.88. The third-order valence-electron chi connectivity index (χ3n) is 4.79. The number of amides is 1. The number of rotatable bonds is 4. The summed E-state index contributed by atoms with van der Waals surface area (Å²) in [7, 11) is 0. The highest BCUT2D eigenvalue weighted by Crippen LogP contribution is 2.27. The lowest BCUT2D eigenvalue weighted by molar-refractivity contribution is 0.0607. The van der Waals surface area contributed by atoms with Gasteiger partial charge in [0.1, 0.15) is 5.56 Å². The third-order valence-corrected chi connectivity index (χ3v) is 5.69. The van der Waals surface area contributed by atoms with Crippen LogP contribution in [0, 0.1) is 0 Å². The molecule has 0 bridgehead atoms. The van der Waals surface area contributed by atoms with Crippen molar-refractivity contribution < 1.29 is 4.79 Å². The van der Waals surface area contributed by atoms with Gasteiger partial charge in [0.05, 0.1) is 16.8 Å². The first-order valence-electron chi connectivity index (χ1n) is 8.67. The van der Waals surface area contributed by atoms with Crippen molar-refractivity contribution in [2.75, 3.05) is 13.1 Å². The van der Waals surface area contributed by atoms with Crippen LogP contribution < -0.4 is 5.73 Å². The number of nitrogens with two attached hydrogens (primary N) is 1. The Morgan fingerprint density at radius 1 is 1.36 bits per heavy atom. The third kappa shape index (κ3) is 2.94. The predicted molar refractivity (Wildman–Crippen MR) is 98.6 cm³/mol. The number of likely N-dealkylation sites (tertiary alicyclic amines) is 1. The molecule has 4 rings (SSSR count). The van der Waals surface area contributed by atoms with Crippen LogP contribution in [0.3, 0.4) is 0 Å². The molecule has 0 aromatic carbocycles. The number of hydrogen-bond donors (Lipinski definition) is 1. The lowest BCUT2D eigenvalue weighted by Crippen LogP contribution is -2.44. The summed E-state index contributed by atoms with van der Waals surface area (Å²) in [4.78, 5) is 20.7. The molecule has 6 nitrogen and oxygen atoms in total. The van der Waals surface area contributed by atoms with E-state index in [1.54, 1.807) is 28.2 Å². The molecule has 2 N–H and O–H groups in total. The highest BCUT2D eigenvalue weighted by Gasteiger charge is 2.29. The van der Waals surface area contributed by atoms with Gasteiger partial charge in [0.15, 0.2) is 5.65 Å². The number of thiophene rings is 1. The molecule has 1 aliphatic rings. The Bertz CT molecular complexity index is 871. The molecule has 4 heterocycles. The quantitative estimate of drug-likeness (QED) is 0.781. The van der Waals surface area contributed by atoms with Crippen LogP contribution in [0.25, 0.3) is 16.2 Å². The first kappa shape index (κ1) is 16.2. The van der Waals surface area contributed by atoms with E-state index in [-0.39, 0.29) is 11.9 Å². The van der Waals surface area contributed by atoms with Crippen LogP contribution in [0.5, 0.6) is 0 Å². The number of fused-ring (bicyclic) bond motifs is 1. The van der Waals surface area contributed by atoms with Crippen LogP contribution in [0.15, 0.2) is 36.0 Å². The summed E-state index contributed by atoms with van der Waals surface area (Å²) in [6.45, 7) is 1.38. The van der Waals surface area contributed by atoms with E-state index in [0.717, 1.165) is 42.8 Å². The molecule has 1 aliphatic heterocycles. The van der Waals surface area contributed by atoms with Crippen LogP contribution in [0.1, 0.15) is 36.0 Å². The Balaban J connectivity index is 1.72. The molecule has 1 saturated heterocycles. The normalized spacial score (nSPS) is 18.0.